The molecule has 0 aliphatic heterocycles. The lowest BCUT2D eigenvalue weighted by Crippen LogP contribution is -2.22. The Hall–Kier alpha value is -3.10. The summed E-state index contributed by atoms with van der Waals surface area (Å²) in [6.07, 6.45) is 0.947. The second kappa shape index (κ2) is 8.10. The fraction of sp³-hybridized carbons (Fsp3) is 0.350. The molecule has 1 aliphatic rings. The largest absolute Gasteiger partial charge is 0.492 e. The molecule has 0 amide bonds. The number of aliphatic imine (C=N–C) groups is 1. The maximum Gasteiger partial charge on any atom is 0.432 e. The van der Waals surface area contributed by atoms with Crippen molar-refractivity contribution < 1.29 is 27.8 Å². The molecule has 0 bridgehead atoms. The molecule has 0 spiro atoms. The lowest BCUT2D eigenvalue weighted by Gasteiger charge is -2.12. The number of hydrogen-bond acceptors (Lipinski definition) is 4. The van der Waals surface area contributed by atoms with Crippen molar-refractivity contribution in [1.29, 1.82) is 0 Å². The van der Waals surface area contributed by atoms with Gasteiger partial charge in [-0.3, -0.25) is 9.79 Å². The number of carbonyl (C=O) groups is 1. The van der Waals surface area contributed by atoms with Crippen LogP contribution in [0.15, 0.2) is 41.5 Å². The van der Waals surface area contributed by atoms with Crippen LogP contribution in [0, 0.1) is 5.41 Å². The highest BCUT2D eigenvalue weighted by Gasteiger charge is 2.51. The normalized spacial score (nSPS) is 16.2. The van der Waals surface area contributed by atoms with E-state index in [4.69, 9.17) is 4.74 Å². The molecule has 6 nitrogen and oxygen atoms in total. The van der Waals surface area contributed by atoms with Gasteiger partial charge in [0.15, 0.2) is 0 Å². The summed E-state index contributed by atoms with van der Waals surface area (Å²) in [6, 6.07) is 7.04. The number of rotatable bonds is 8. The van der Waals surface area contributed by atoms with Crippen LogP contribution in [0.2, 0.25) is 0 Å². The molecule has 0 atom stereocenters. The molecule has 1 fully saturated rings. The first-order valence-corrected chi connectivity index (χ1v) is 9.00. The predicted octanol–water partition coefficient (Wildman–Crippen LogP) is 4.35. The molecule has 1 aliphatic carbocycles. The number of alkyl halides is 3. The summed E-state index contributed by atoms with van der Waals surface area (Å²) in [7, 11) is 0. The molecule has 0 radical (unpaired) electrons. The van der Waals surface area contributed by atoms with Gasteiger partial charge in [0.2, 0.25) is 0 Å². The topological polar surface area (TPSA) is 87.6 Å². The van der Waals surface area contributed by atoms with E-state index in [0.29, 0.717) is 24.3 Å². The zero-order valence-electron chi connectivity index (χ0n) is 15.7. The molecule has 29 heavy (non-hydrogen) atoms. The summed E-state index contributed by atoms with van der Waals surface area (Å²) in [5.74, 6) is -0.0951. The van der Waals surface area contributed by atoms with Gasteiger partial charge in [-0.05, 0) is 44.0 Å². The molecule has 1 aromatic heterocycles. The van der Waals surface area contributed by atoms with Crippen LogP contribution in [0.4, 0.5) is 13.2 Å². The number of ether oxygens (including phenoxy) is 1. The average molecular weight is 407 g/mol. The first-order valence-electron chi connectivity index (χ1n) is 9.00. The Balaban J connectivity index is 1.58. The highest BCUT2D eigenvalue weighted by Crippen LogP contribution is 2.46. The van der Waals surface area contributed by atoms with Gasteiger partial charge in [0.05, 0.1) is 11.9 Å². The number of aromatic nitrogens is 2. The van der Waals surface area contributed by atoms with Crippen LogP contribution in [0.1, 0.15) is 36.8 Å². The van der Waals surface area contributed by atoms with Crippen molar-refractivity contribution >= 4 is 17.9 Å². The van der Waals surface area contributed by atoms with Crippen LogP contribution >= 0.6 is 0 Å². The zero-order valence-corrected chi connectivity index (χ0v) is 15.7. The van der Waals surface area contributed by atoms with Gasteiger partial charge in [0.1, 0.15) is 29.3 Å². The van der Waals surface area contributed by atoms with Gasteiger partial charge in [-0.15, -0.1) is 0 Å². The Labute approximate surface area is 165 Å². The van der Waals surface area contributed by atoms with Crippen molar-refractivity contribution in [2.45, 2.75) is 32.4 Å². The number of nitrogens with one attached hydrogen (secondary N) is 1. The molecule has 3 rings (SSSR count). The molecular formula is C20H20F3N3O3. The van der Waals surface area contributed by atoms with E-state index in [-0.39, 0.29) is 18.9 Å². The average Bonchev–Trinajstić information content (AvgIpc) is 3.33. The van der Waals surface area contributed by atoms with E-state index >= 15 is 0 Å². The Morgan fingerprint density at radius 2 is 2.03 bits per heavy atom. The zero-order chi connectivity index (χ0) is 21.1. The van der Waals surface area contributed by atoms with Gasteiger partial charge in [-0.25, -0.2) is 4.98 Å². The summed E-state index contributed by atoms with van der Waals surface area (Å²) in [4.78, 5) is 21.4. The molecule has 1 aromatic carbocycles. The maximum absolute atomic E-state index is 12.6. The van der Waals surface area contributed by atoms with E-state index in [1.165, 1.54) is 6.21 Å². The monoisotopic (exact) mass is 407 g/mol. The van der Waals surface area contributed by atoms with Crippen molar-refractivity contribution in [2.75, 3.05) is 6.61 Å². The standard InChI is InChI=1S/C20H20F3N3O3/c1-2-15(24-10-7-17-25-11-16(26-17)20(21,22)23)13-3-5-14(6-4-13)29-12-19(8-9-19)18(27)28/h2-6,10-11H,7-9,12H2,1H3,(H,25,26)(H,27,28)/b15-2-,24-10?. The number of imidazole rings is 1. The number of carboxylic acid groups (broad SMARTS) is 1. The maximum atomic E-state index is 12.6. The fourth-order valence-corrected chi connectivity index (χ4v) is 2.67. The van der Waals surface area contributed by atoms with Gasteiger partial charge >= 0.3 is 12.1 Å². The van der Waals surface area contributed by atoms with Gasteiger partial charge in [0, 0.05) is 18.2 Å². The van der Waals surface area contributed by atoms with Crippen molar-refractivity contribution in [3.63, 3.8) is 0 Å². The Kier molecular flexibility index (Phi) is 5.76. The Morgan fingerprint density at radius 3 is 2.55 bits per heavy atom. The number of carboxylic acids is 1. The molecule has 154 valence electrons. The van der Waals surface area contributed by atoms with Gasteiger partial charge < -0.3 is 14.8 Å². The number of hydrogen-bond donors (Lipinski definition) is 2. The number of nitrogens with zero attached hydrogens (tertiary/aromatic N) is 2. The Bertz CT molecular complexity index is 926. The lowest BCUT2D eigenvalue weighted by molar-refractivity contribution is -0.144. The third-order valence-corrected chi connectivity index (χ3v) is 4.69. The number of allylic oxidation sites excluding steroid dienone is 1. The molecular weight excluding hydrogens is 387 g/mol. The number of halogens is 3. The number of H-pyrrole nitrogens is 1. The first-order chi connectivity index (χ1) is 13.7. The minimum absolute atomic E-state index is 0.131. The van der Waals surface area contributed by atoms with E-state index < -0.39 is 23.3 Å². The number of benzene rings is 1. The van der Waals surface area contributed by atoms with Crippen LogP contribution in [0.5, 0.6) is 5.75 Å². The third-order valence-electron chi connectivity index (χ3n) is 4.69. The first kappa shape index (κ1) is 20.6. The molecule has 0 saturated heterocycles. The van der Waals surface area contributed by atoms with Gasteiger partial charge in [-0.1, -0.05) is 6.08 Å². The van der Waals surface area contributed by atoms with E-state index in [1.54, 1.807) is 37.3 Å². The van der Waals surface area contributed by atoms with E-state index in [1.807, 2.05) is 0 Å². The predicted molar refractivity (Wildman–Crippen MR) is 101 cm³/mol. The van der Waals surface area contributed by atoms with Crippen molar-refractivity contribution in [1.82, 2.24) is 9.97 Å². The van der Waals surface area contributed by atoms with Gasteiger partial charge in [-0.2, -0.15) is 13.2 Å². The number of aliphatic carboxylic acids is 1. The highest BCUT2D eigenvalue weighted by atomic mass is 19.4. The minimum atomic E-state index is -4.45. The van der Waals surface area contributed by atoms with E-state index in [0.717, 1.165) is 11.8 Å². The summed E-state index contributed by atoms with van der Waals surface area (Å²) >= 11 is 0. The van der Waals surface area contributed by atoms with E-state index in [2.05, 4.69) is 15.0 Å². The van der Waals surface area contributed by atoms with Crippen molar-refractivity contribution in [3.05, 3.63) is 53.6 Å². The fourth-order valence-electron chi connectivity index (χ4n) is 2.67. The molecule has 9 heteroatoms. The van der Waals surface area contributed by atoms with Crippen LogP contribution in [-0.4, -0.2) is 33.9 Å². The SMILES string of the molecule is C/C=C(\N=CCc1ncc(C(F)(F)F)[nH]1)c1ccc(OCC2(C(=O)O)CC2)cc1. The highest BCUT2D eigenvalue weighted by molar-refractivity contribution is 5.78. The molecule has 1 saturated carbocycles. The third kappa shape index (κ3) is 5.04. The van der Waals surface area contributed by atoms with E-state index in [9.17, 15) is 23.1 Å². The molecule has 1 heterocycles. The Morgan fingerprint density at radius 1 is 1.34 bits per heavy atom. The summed E-state index contributed by atoms with van der Waals surface area (Å²) in [5, 5.41) is 9.17. The lowest BCUT2D eigenvalue weighted by atomic mass is 10.1. The van der Waals surface area contributed by atoms with Crippen LogP contribution in [0.25, 0.3) is 5.70 Å². The summed E-state index contributed by atoms with van der Waals surface area (Å²) in [5.41, 5.74) is -0.206. The van der Waals surface area contributed by atoms with Crippen LogP contribution in [-0.2, 0) is 17.4 Å². The molecule has 2 N–H and O–H groups in total. The summed E-state index contributed by atoms with van der Waals surface area (Å²) < 4.78 is 43.3. The second-order valence-corrected chi connectivity index (χ2v) is 6.83. The smallest absolute Gasteiger partial charge is 0.432 e. The molecule has 0 unspecified atom stereocenters. The van der Waals surface area contributed by atoms with Crippen molar-refractivity contribution in [3.8, 4) is 5.75 Å². The van der Waals surface area contributed by atoms with Crippen molar-refractivity contribution in [2.24, 2.45) is 10.4 Å². The summed E-state index contributed by atoms with van der Waals surface area (Å²) in [6.45, 7) is 1.94. The van der Waals surface area contributed by atoms with Gasteiger partial charge in [0.25, 0.3) is 0 Å². The van der Waals surface area contributed by atoms with Crippen LogP contribution < -0.4 is 4.74 Å². The quantitative estimate of drug-likeness (QED) is 0.637. The minimum Gasteiger partial charge on any atom is -0.492 e. The number of aromatic amines is 1. The second-order valence-electron chi connectivity index (χ2n) is 6.83. The van der Waals surface area contributed by atoms with Crippen LogP contribution in [0.3, 0.4) is 0 Å². The molecule has 2 aromatic rings.